The molecular weight excluding hydrogens is 441 g/mol. The van der Waals surface area contributed by atoms with Crippen molar-refractivity contribution in [2.45, 2.75) is 38.5 Å². The molecule has 5 rings (SSSR count). The Hall–Kier alpha value is -3.30. The van der Waals surface area contributed by atoms with Crippen molar-refractivity contribution < 1.29 is 44.7 Å². The highest BCUT2D eigenvalue weighted by Gasteiger charge is 2.40. The molecule has 3 aliphatic heterocycles. The SMILES string of the molecule is [2H]C1([2H])OC([2H])([2H])C([2H])([2H])N(Cc2cccc(COc3cccc4c3CN(C3C(=O)NC(=O)C([2H])([2H])C3([2H])[2H])C4=O)c2F)C1([2H])[2H]. The number of nitrogens with one attached hydrogen (secondary N) is 1. The quantitative estimate of drug-likeness (QED) is 0.638. The molecule has 9 heteroatoms. The zero-order valence-corrected chi connectivity index (χ0v) is 17.5. The number of morpholine rings is 1. The van der Waals surface area contributed by atoms with Gasteiger partial charge in [0.1, 0.15) is 24.2 Å². The molecule has 8 nitrogen and oxygen atoms in total. The van der Waals surface area contributed by atoms with Crippen LogP contribution in [-0.4, -0.2) is 59.7 Å². The first-order valence-electron chi connectivity index (χ1n) is 16.1. The Balaban J connectivity index is 1.39. The van der Waals surface area contributed by atoms with E-state index >= 15 is 4.39 Å². The van der Waals surface area contributed by atoms with Crippen molar-refractivity contribution in [3.8, 4) is 5.75 Å². The minimum absolute atomic E-state index is 0.00638. The van der Waals surface area contributed by atoms with Gasteiger partial charge in [0.15, 0.2) is 0 Å². The first kappa shape index (κ1) is 12.4. The molecule has 2 aromatic carbocycles. The second kappa shape index (κ2) is 9.52. The molecule has 0 saturated carbocycles. The van der Waals surface area contributed by atoms with E-state index in [0.717, 1.165) is 4.90 Å². The topological polar surface area (TPSA) is 88.2 Å². The average molecular weight is 480 g/mol. The predicted octanol–water partition coefficient (Wildman–Crippen LogP) is 2.00. The Labute approximate surface area is 213 Å². The number of fused-ring (bicyclic) bond motifs is 1. The summed E-state index contributed by atoms with van der Waals surface area (Å²) in [6, 6.07) is 5.98. The van der Waals surface area contributed by atoms with Gasteiger partial charge in [-0.3, -0.25) is 24.6 Å². The van der Waals surface area contributed by atoms with E-state index in [2.05, 4.69) is 4.74 Å². The summed E-state index contributed by atoms with van der Waals surface area (Å²) in [4.78, 5) is 38.9. The molecule has 34 heavy (non-hydrogen) atoms. The highest BCUT2D eigenvalue weighted by Crippen LogP contribution is 2.34. The van der Waals surface area contributed by atoms with E-state index < -0.39 is 88.1 Å². The maximum absolute atomic E-state index is 15.7. The van der Waals surface area contributed by atoms with Gasteiger partial charge in [0, 0.05) is 59.1 Å². The highest BCUT2D eigenvalue weighted by molar-refractivity contribution is 6.05. The molecule has 1 atom stereocenters. The van der Waals surface area contributed by atoms with Gasteiger partial charge in [0.25, 0.3) is 5.91 Å². The van der Waals surface area contributed by atoms with Crippen LogP contribution in [0.2, 0.25) is 0 Å². The lowest BCUT2D eigenvalue weighted by atomic mass is 10.0. The van der Waals surface area contributed by atoms with Crippen molar-refractivity contribution in [2.75, 3.05) is 26.1 Å². The number of amides is 3. The number of carbonyl (C=O) groups is 3. The van der Waals surface area contributed by atoms with E-state index in [4.69, 9.17) is 21.2 Å². The van der Waals surface area contributed by atoms with Crippen LogP contribution >= 0.6 is 0 Å². The lowest BCUT2D eigenvalue weighted by Crippen LogP contribution is -2.52. The molecule has 0 aromatic heterocycles. The van der Waals surface area contributed by atoms with Gasteiger partial charge in [0.05, 0.1) is 25.1 Å². The fraction of sp³-hybridized carbons (Fsp3) is 0.400. The molecule has 1 unspecified atom stereocenters. The van der Waals surface area contributed by atoms with E-state index in [1.165, 1.54) is 36.4 Å². The zero-order valence-electron chi connectivity index (χ0n) is 29.5. The summed E-state index contributed by atoms with van der Waals surface area (Å²) in [7, 11) is 0. The molecule has 3 amide bonds. The monoisotopic (exact) mass is 479 g/mol. The van der Waals surface area contributed by atoms with Gasteiger partial charge in [-0.1, -0.05) is 24.3 Å². The molecule has 1 N–H and O–H groups in total. The van der Waals surface area contributed by atoms with Crippen LogP contribution in [0.4, 0.5) is 4.39 Å². The number of hydrogen-bond acceptors (Lipinski definition) is 6. The summed E-state index contributed by atoms with van der Waals surface area (Å²) < 4.78 is 122. The van der Waals surface area contributed by atoms with Crippen LogP contribution in [0.1, 0.15) is 56.2 Å². The van der Waals surface area contributed by atoms with Crippen LogP contribution in [0, 0.1) is 5.82 Å². The molecule has 0 aliphatic carbocycles. The third kappa shape index (κ3) is 4.41. The van der Waals surface area contributed by atoms with Gasteiger partial charge >= 0.3 is 0 Å². The van der Waals surface area contributed by atoms with E-state index in [-0.39, 0.29) is 32.9 Å². The van der Waals surface area contributed by atoms with Gasteiger partial charge < -0.3 is 14.4 Å². The maximum atomic E-state index is 15.7. The van der Waals surface area contributed by atoms with Crippen LogP contribution in [0.3, 0.4) is 0 Å². The summed E-state index contributed by atoms with van der Waals surface area (Å²) in [6.45, 7) is -14.9. The summed E-state index contributed by atoms with van der Waals surface area (Å²) >= 11 is 0. The minimum Gasteiger partial charge on any atom is -0.488 e. The van der Waals surface area contributed by atoms with Crippen LogP contribution in [-0.2, 0) is 34.0 Å². The fourth-order valence-electron chi connectivity index (χ4n) is 3.78. The van der Waals surface area contributed by atoms with Gasteiger partial charge in [0.2, 0.25) is 11.8 Å². The summed E-state index contributed by atoms with van der Waals surface area (Å²) in [6.07, 6.45) is -6.24. The Morgan fingerprint density at radius 2 is 1.88 bits per heavy atom. The Morgan fingerprint density at radius 1 is 1.12 bits per heavy atom. The Kier molecular flexibility index (Phi) is 3.48. The number of piperidine rings is 1. The van der Waals surface area contributed by atoms with Crippen molar-refractivity contribution in [3.63, 3.8) is 0 Å². The number of benzene rings is 2. The van der Waals surface area contributed by atoms with E-state index in [0.29, 0.717) is 0 Å². The van der Waals surface area contributed by atoms with Gasteiger partial charge in [-0.05, 0) is 18.5 Å². The molecule has 0 bridgehead atoms. The molecule has 178 valence electrons. The Bertz CT molecular complexity index is 1610. The predicted molar refractivity (Wildman–Crippen MR) is 119 cm³/mol. The first-order valence-corrected chi connectivity index (χ1v) is 10.1. The van der Waals surface area contributed by atoms with Crippen molar-refractivity contribution in [1.82, 2.24) is 15.1 Å². The molecule has 0 spiro atoms. The Morgan fingerprint density at radius 3 is 2.71 bits per heavy atom. The smallest absolute Gasteiger partial charge is 0.255 e. The molecule has 2 saturated heterocycles. The van der Waals surface area contributed by atoms with E-state index in [1.54, 1.807) is 5.32 Å². The molecule has 2 aromatic rings. The summed E-state index contributed by atoms with van der Waals surface area (Å²) in [5, 5.41) is 1.76. The van der Waals surface area contributed by atoms with Gasteiger partial charge in [-0.2, -0.15) is 0 Å². The van der Waals surface area contributed by atoms with E-state index in [9.17, 15) is 14.4 Å². The standard InChI is InChI=1S/C25H26FN3O5/c26-23-16(13-28-9-11-33-12-10-28)3-1-4-17(23)15-34-21-6-2-5-18-19(21)14-29(25(18)32)20-7-8-22(30)27-24(20)31/h1-6,20H,7-15H2,(H,27,30,31)/i7D2,8D2,9D2,10D2,11D2,12D2. The summed E-state index contributed by atoms with van der Waals surface area (Å²) in [5.41, 5.74) is -0.292. The first-order chi connectivity index (χ1) is 21.0. The van der Waals surface area contributed by atoms with Gasteiger partial charge in [-0.25, -0.2) is 4.39 Å². The largest absolute Gasteiger partial charge is 0.488 e. The average Bonchev–Trinajstić information content (AvgIpc) is 3.25. The maximum Gasteiger partial charge on any atom is 0.255 e. The third-order valence-electron chi connectivity index (χ3n) is 5.41. The number of imide groups is 1. The van der Waals surface area contributed by atoms with Crippen molar-refractivity contribution in [3.05, 3.63) is 64.5 Å². The van der Waals surface area contributed by atoms with E-state index in [1.807, 2.05) is 0 Å². The molecule has 0 radical (unpaired) electrons. The van der Waals surface area contributed by atoms with Crippen LogP contribution in [0.25, 0.3) is 0 Å². The van der Waals surface area contributed by atoms with Gasteiger partial charge in [-0.15, -0.1) is 0 Å². The van der Waals surface area contributed by atoms with Crippen LogP contribution in [0.5, 0.6) is 5.75 Å². The van der Waals surface area contributed by atoms with Crippen LogP contribution < -0.4 is 10.1 Å². The molecule has 2 fully saturated rings. The number of halogens is 1. The lowest BCUT2D eigenvalue weighted by Gasteiger charge is -2.29. The number of hydrogen-bond donors (Lipinski definition) is 1. The zero-order chi connectivity index (χ0) is 34.4. The molecular formula is C25H26FN3O5. The minimum atomic E-state index is -3.31. The number of nitrogens with zero attached hydrogens (tertiary/aromatic N) is 2. The lowest BCUT2D eigenvalue weighted by molar-refractivity contribution is -0.136. The van der Waals surface area contributed by atoms with Crippen molar-refractivity contribution in [2.24, 2.45) is 0 Å². The second-order valence-corrected chi connectivity index (χ2v) is 7.50. The van der Waals surface area contributed by atoms with Crippen LogP contribution in [0.15, 0.2) is 36.4 Å². The fourth-order valence-corrected chi connectivity index (χ4v) is 3.78. The normalized spacial score (nSPS) is 35.0. The van der Waals surface area contributed by atoms with Crippen molar-refractivity contribution >= 4 is 17.7 Å². The third-order valence-corrected chi connectivity index (χ3v) is 5.41. The number of ether oxygens (including phenoxy) is 2. The summed E-state index contributed by atoms with van der Waals surface area (Å²) in [5.74, 6) is -4.49. The number of carbonyl (C=O) groups excluding carboxylic acids is 3. The van der Waals surface area contributed by atoms with Crippen molar-refractivity contribution in [1.29, 1.82) is 0 Å². The number of rotatable bonds is 6. The molecule has 3 aliphatic rings. The second-order valence-electron chi connectivity index (χ2n) is 7.50. The molecule has 3 heterocycles. The highest BCUT2D eigenvalue weighted by atomic mass is 19.1.